The van der Waals surface area contributed by atoms with Gasteiger partial charge in [-0.1, -0.05) is 22.0 Å². The highest BCUT2D eigenvalue weighted by Gasteiger charge is 2.11. The first-order valence-electron chi connectivity index (χ1n) is 5.55. The fraction of sp³-hybridized carbons (Fsp3) is 0.308. The summed E-state index contributed by atoms with van der Waals surface area (Å²) in [7, 11) is 1.92. The zero-order chi connectivity index (χ0) is 12.4. The highest BCUT2D eigenvalue weighted by Crippen LogP contribution is 2.23. The van der Waals surface area contributed by atoms with Crippen LogP contribution < -0.4 is 5.73 Å². The minimum atomic E-state index is 0.0108. The van der Waals surface area contributed by atoms with Gasteiger partial charge in [0.15, 0.2) is 0 Å². The lowest BCUT2D eigenvalue weighted by Gasteiger charge is -2.14. The molecule has 2 rings (SSSR count). The van der Waals surface area contributed by atoms with E-state index in [2.05, 4.69) is 40.1 Å². The normalized spacial score (nSPS) is 12.7. The van der Waals surface area contributed by atoms with Crippen molar-refractivity contribution >= 4 is 15.9 Å². The predicted octanol–water partition coefficient (Wildman–Crippen LogP) is 2.73. The first-order chi connectivity index (χ1) is 8.06. The Kier molecular flexibility index (Phi) is 3.64. The maximum absolute atomic E-state index is 6.25. The van der Waals surface area contributed by atoms with Crippen molar-refractivity contribution in [3.63, 3.8) is 0 Å². The molecule has 0 amide bonds. The fourth-order valence-corrected chi connectivity index (χ4v) is 2.33. The van der Waals surface area contributed by atoms with Crippen molar-refractivity contribution in [2.45, 2.75) is 19.4 Å². The van der Waals surface area contributed by atoms with Crippen LogP contribution in [0, 0.1) is 6.92 Å². The van der Waals surface area contributed by atoms with Gasteiger partial charge in [0.05, 0.1) is 6.20 Å². The Hall–Kier alpha value is -1.13. The zero-order valence-corrected chi connectivity index (χ0v) is 11.6. The van der Waals surface area contributed by atoms with E-state index in [-0.39, 0.29) is 6.04 Å². The number of nitrogens with two attached hydrogens (primary N) is 1. The van der Waals surface area contributed by atoms with Crippen LogP contribution in [0.1, 0.15) is 22.7 Å². The monoisotopic (exact) mass is 293 g/mol. The van der Waals surface area contributed by atoms with Crippen molar-refractivity contribution < 1.29 is 0 Å². The topological polar surface area (TPSA) is 43.8 Å². The minimum Gasteiger partial charge on any atom is -0.324 e. The molecular weight excluding hydrogens is 278 g/mol. The highest BCUT2D eigenvalue weighted by atomic mass is 79.9. The molecule has 0 spiro atoms. The van der Waals surface area contributed by atoms with Crippen LogP contribution >= 0.6 is 15.9 Å². The van der Waals surface area contributed by atoms with Gasteiger partial charge in [-0.2, -0.15) is 5.10 Å². The average Bonchev–Trinajstić information content (AvgIpc) is 2.67. The second-order valence-corrected chi connectivity index (χ2v) is 5.25. The molecule has 2 N–H and O–H groups in total. The number of nitrogens with zero attached hydrogens (tertiary/aromatic N) is 2. The van der Waals surface area contributed by atoms with Crippen LogP contribution in [0.4, 0.5) is 0 Å². The SMILES string of the molecule is Cc1ccc(Br)cc1C(N)Cc1cnn(C)c1. The van der Waals surface area contributed by atoms with Crippen LogP contribution in [0.5, 0.6) is 0 Å². The van der Waals surface area contributed by atoms with Gasteiger partial charge >= 0.3 is 0 Å². The van der Waals surface area contributed by atoms with Crippen LogP contribution in [-0.2, 0) is 13.5 Å². The summed E-state index contributed by atoms with van der Waals surface area (Å²) < 4.78 is 2.87. The summed E-state index contributed by atoms with van der Waals surface area (Å²) in [6, 6.07) is 6.23. The predicted molar refractivity (Wildman–Crippen MR) is 72.7 cm³/mol. The van der Waals surface area contributed by atoms with E-state index in [0.29, 0.717) is 0 Å². The Morgan fingerprint density at radius 3 is 2.88 bits per heavy atom. The molecule has 1 aromatic carbocycles. The maximum atomic E-state index is 6.25. The van der Waals surface area contributed by atoms with Gasteiger partial charge in [-0.05, 0) is 42.2 Å². The third-order valence-electron chi connectivity index (χ3n) is 2.85. The van der Waals surface area contributed by atoms with E-state index in [1.165, 1.54) is 16.7 Å². The number of rotatable bonds is 3. The zero-order valence-electron chi connectivity index (χ0n) is 10.0. The molecule has 90 valence electrons. The quantitative estimate of drug-likeness (QED) is 0.946. The van der Waals surface area contributed by atoms with E-state index >= 15 is 0 Å². The van der Waals surface area contributed by atoms with Crippen molar-refractivity contribution in [2.75, 3.05) is 0 Å². The summed E-state index contributed by atoms with van der Waals surface area (Å²) in [5.74, 6) is 0. The number of halogens is 1. The van der Waals surface area contributed by atoms with Gasteiger partial charge < -0.3 is 5.73 Å². The molecule has 1 atom stereocenters. The molecule has 0 saturated carbocycles. The van der Waals surface area contributed by atoms with Crippen molar-refractivity contribution in [2.24, 2.45) is 12.8 Å². The van der Waals surface area contributed by atoms with Crippen LogP contribution in [0.2, 0.25) is 0 Å². The molecular formula is C13H16BrN3. The lowest BCUT2D eigenvalue weighted by Crippen LogP contribution is -2.14. The van der Waals surface area contributed by atoms with Gasteiger partial charge in [-0.3, -0.25) is 4.68 Å². The van der Waals surface area contributed by atoms with E-state index < -0.39 is 0 Å². The fourth-order valence-electron chi connectivity index (χ4n) is 1.95. The first-order valence-corrected chi connectivity index (χ1v) is 6.34. The molecule has 0 aliphatic carbocycles. The Bertz CT molecular complexity index is 519. The summed E-state index contributed by atoms with van der Waals surface area (Å²) in [4.78, 5) is 0. The molecule has 0 saturated heterocycles. The smallest absolute Gasteiger partial charge is 0.0522 e. The van der Waals surface area contributed by atoms with E-state index in [1.54, 1.807) is 4.68 Å². The van der Waals surface area contributed by atoms with Crippen LogP contribution in [-0.4, -0.2) is 9.78 Å². The van der Waals surface area contributed by atoms with E-state index in [0.717, 1.165) is 10.9 Å². The maximum Gasteiger partial charge on any atom is 0.0522 e. The number of aromatic nitrogens is 2. The van der Waals surface area contributed by atoms with E-state index in [4.69, 9.17) is 5.73 Å². The second kappa shape index (κ2) is 5.02. The highest BCUT2D eigenvalue weighted by molar-refractivity contribution is 9.10. The Morgan fingerprint density at radius 2 is 2.24 bits per heavy atom. The van der Waals surface area contributed by atoms with Crippen LogP contribution in [0.15, 0.2) is 35.1 Å². The van der Waals surface area contributed by atoms with Gasteiger partial charge in [0.1, 0.15) is 0 Å². The van der Waals surface area contributed by atoms with Crippen LogP contribution in [0.25, 0.3) is 0 Å². The Labute approximate surface area is 110 Å². The molecule has 17 heavy (non-hydrogen) atoms. The van der Waals surface area contributed by atoms with Gasteiger partial charge in [0.2, 0.25) is 0 Å². The second-order valence-electron chi connectivity index (χ2n) is 4.33. The third kappa shape index (κ3) is 2.96. The third-order valence-corrected chi connectivity index (χ3v) is 3.35. The molecule has 1 aromatic heterocycles. The average molecular weight is 294 g/mol. The lowest BCUT2D eigenvalue weighted by atomic mass is 9.97. The van der Waals surface area contributed by atoms with E-state index in [1.807, 2.05) is 25.5 Å². The number of benzene rings is 1. The van der Waals surface area contributed by atoms with Crippen molar-refractivity contribution in [3.05, 3.63) is 51.8 Å². The first kappa shape index (κ1) is 12.3. The molecule has 1 unspecified atom stereocenters. The summed E-state index contributed by atoms with van der Waals surface area (Å²) in [6.07, 6.45) is 4.69. The lowest BCUT2D eigenvalue weighted by molar-refractivity contribution is 0.714. The molecule has 0 radical (unpaired) electrons. The molecule has 0 aliphatic rings. The molecule has 0 bridgehead atoms. The summed E-state index contributed by atoms with van der Waals surface area (Å²) in [5.41, 5.74) is 9.82. The molecule has 0 fully saturated rings. The summed E-state index contributed by atoms with van der Waals surface area (Å²) in [5, 5.41) is 4.16. The summed E-state index contributed by atoms with van der Waals surface area (Å²) >= 11 is 3.48. The van der Waals surface area contributed by atoms with Crippen molar-refractivity contribution in [3.8, 4) is 0 Å². The number of hydrogen-bond acceptors (Lipinski definition) is 2. The Morgan fingerprint density at radius 1 is 1.47 bits per heavy atom. The molecule has 4 heteroatoms. The minimum absolute atomic E-state index is 0.0108. The van der Waals surface area contributed by atoms with Gasteiger partial charge in [-0.25, -0.2) is 0 Å². The van der Waals surface area contributed by atoms with Crippen LogP contribution in [0.3, 0.4) is 0 Å². The van der Waals surface area contributed by atoms with Gasteiger partial charge in [-0.15, -0.1) is 0 Å². The van der Waals surface area contributed by atoms with Gasteiger partial charge in [0.25, 0.3) is 0 Å². The standard InChI is InChI=1S/C13H16BrN3/c1-9-3-4-11(14)6-12(9)13(15)5-10-7-16-17(2)8-10/h3-4,6-8,13H,5,15H2,1-2H3. The van der Waals surface area contributed by atoms with Crippen molar-refractivity contribution in [1.29, 1.82) is 0 Å². The molecule has 2 aromatic rings. The van der Waals surface area contributed by atoms with Crippen molar-refractivity contribution in [1.82, 2.24) is 9.78 Å². The molecule has 3 nitrogen and oxygen atoms in total. The molecule has 1 heterocycles. The largest absolute Gasteiger partial charge is 0.324 e. The number of aryl methyl sites for hydroxylation is 2. The van der Waals surface area contributed by atoms with Gasteiger partial charge in [0, 0.05) is 23.8 Å². The summed E-state index contributed by atoms with van der Waals surface area (Å²) in [6.45, 7) is 2.09. The Balaban J connectivity index is 2.19. The number of hydrogen-bond donors (Lipinski definition) is 1. The molecule has 0 aliphatic heterocycles. The van der Waals surface area contributed by atoms with E-state index in [9.17, 15) is 0 Å².